The first kappa shape index (κ1) is 22.9. The maximum atomic E-state index is 13.0. The molecule has 33 heavy (non-hydrogen) atoms. The van der Waals surface area contributed by atoms with Crippen molar-refractivity contribution in [1.82, 2.24) is 4.90 Å². The van der Waals surface area contributed by atoms with Gasteiger partial charge in [-0.05, 0) is 72.6 Å². The summed E-state index contributed by atoms with van der Waals surface area (Å²) in [5.41, 5.74) is 4.01. The molecule has 4 rings (SSSR count). The van der Waals surface area contributed by atoms with Gasteiger partial charge in [-0.25, -0.2) is 0 Å². The van der Waals surface area contributed by atoms with E-state index < -0.39 is 0 Å². The molecule has 2 aromatic carbocycles. The zero-order valence-corrected chi connectivity index (χ0v) is 19.5. The molecule has 1 fully saturated rings. The summed E-state index contributed by atoms with van der Waals surface area (Å²) in [6.07, 6.45) is 12.4. The minimum absolute atomic E-state index is 0.0242. The third kappa shape index (κ3) is 4.75. The van der Waals surface area contributed by atoms with E-state index in [4.69, 9.17) is 11.2 Å². The van der Waals surface area contributed by atoms with Crippen LogP contribution in [0.3, 0.4) is 0 Å². The first-order valence-corrected chi connectivity index (χ1v) is 11.9. The van der Waals surface area contributed by atoms with Gasteiger partial charge in [0, 0.05) is 17.6 Å². The van der Waals surface area contributed by atoms with Gasteiger partial charge >= 0.3 is 0 Å². The van der Waals surface area contributed by atoms with Gasteiger partial charge in [0.05, 0.1) is 13.2 Å². The topological polar surface area (TPSA) is 58.6 Å². The monoisotopic (exact) mass is 444 g/mol. The van der Waals surface area contributed by atoms with Crippen molar-refractivity contribution >= 4 is 17.5 Å². The van der Waals surface area contributed by atoms with E-state index in [0.717, 1.165) is 67.5 Å². The maximum Gasteiger partial charge on any atom is 0.299 e. The van der Waals surface area contributed by atoms with E-state index in [0.29, 0.717) is 0 Å². The van der Waals surface area contributed by atoms with Crippen LogP contribution in [0.4, 0.5) is 5.69 Å². The Labute approximate surface area is 196 Å². The van der Waals surface area contributed by atoms with Crippen LogP contribution in [0.25, 0.3) is 0 Å². The molecule has 5 nitrogen and oxygen atoms in total. The van der Waals surface area contributed by atoms with Crippen molar-refractivity contribution in [2.45, 2.75) is 64.0 Å². The Morgan fingerprint density at radius 3 is 2.55 bits per heavy atom. The summed E-state index contributed by atoms with van der Waals surface area (Å²) in [7, 11) is 1.67. The van der Waals surface area contributed by atoms with Crippen LogP contribution < -0.4 is 10.1 Å². The highest BCUT2D eigenvalue weighted by atomic mass is 16.5. The molecule has 0 radical (unpaired) electrons. The van der Waals surface area contributed by atoms with Crippen LogP contribution in [0.5, 0.6) is 5.75 Å². The fourth-order valence-corrected chi connectivity index (χ4v) is 4.91. The van der Waals surface area contributed by atoms with Crippen LogP contribution in [0.2, 0.25) is 0 Å². The van der Waals surface area contributed by atoms with Gasteiger partial charge in [0.25, 0.3) is 5.91 Å². The van der Waals surface area contributed by atoms with Crippen LogP contribution in [0, 0.1) is 18.3 Å². The Morgan fingerprint density at radius 2 is 1.94 bits per heavy atom. The zero-order chi connectivity index (χ0) is 23.4. The molecule has 1 saturated carbocycles. The highest BCUT2D eigenvalue weighted by molar-refractivity contribution is 5.94. The van der Waals surface area contributed by atoms with Crippen molar-refractivity contribution in [3.05, 3.63) is 59.2 Å². The number of benzene rings is 2. The second kappa shape index (κ2) is 10.1. The number of terminal acetylenes is 1. The van der Waals surface area contributed by atoms with Gasteiger partial charge in [-0.3, -0.25) is 9.59 Å². The standard InChI is InChI=1S/C28H32N2O3/c1-4-6-10-23-17-21-18-24(33-3)15-16-25(21)27(30(23)26(31)5-2)19-11-13-22(14-12-19)29-28(32)20-8-7-9-20/h2,11-16,18,20,23,27H,4,6-10,17H2,1,3H3,(H,29,32)/t23-,27-/m0/s1. The Bertz CT molecular complexity index is 1050. The van der Waals surface area contributed by atoms with Gasteiger partial charge in [-0.15, -0.1) is 6.42 Å². The van der Waals surface area contributed by atoms with Crippen molar-refractivity contribution in [3.63, 3.8) is 0 Å². The molecule has 1 aliphatic heterocycles. The number of carbonyl (C=O) groups excluding carboxylic acids is 2. The van der Waals surface area contributed by atoms with Crippen molar-refractivity contribution in [3.8, 4) is 18.1 Å². The average molecular weight is 445 g/mol. The van der Waals surface area contributed by atoms with Crippen LogP contribution in [-0.2, 0) is 16.0 Å². The van der Waals surface area contributed by atoms with E-state index in [9.17, 15) is 9.59 Å². The minimum atomic E-state index is -0.287. The van der Waals surface area contributed by atoms with Gasteiger partial charge in [0.2, 0.25) is 5.91 Å². The molecule has 0 bridgehead atoms. The van der Waals surface area contributed by atoms with Crippen LogP contribution >= 0.6 is 0 Å². The molecule has 2 aliphatic rings. The number of fused-ring (bicyclic) bond motifs is 1. The van der Waals surface area contributed by atoms with E-state index in [1.165, 1.54) is 5.56 Å². The van der Waals surface area contributed by atoms with Crippen LogP contribution in [0.1, 0.15) is 68.2 Å². The van der Waals surface area contributed by atoms with Crippen LogP contribution in [-0.4, -0.2) is 29.9 Å². The minimum Gasteiger partial charge on any atom is -0.497 e. The normalized spacial score (nSPS) is 19.7. The molecule has 5 heteroatoms. The lowest BCUT2D eigenvalue weighted by molar-refractivity contribution is -0.130. The van der Waals surface area contributed by atoms with Crippen molar-refractivity contribution in [2.75, 3.05) is 12.4 Å². The number of hydrogen-bond acceptors (Lipinski definition) is 3. The molecule has 172 valence electrons. The Hall–Kier alpha value is -3.26. The Morgan fingerprint density at radius 1 is 1.18 bits per heavy atom. The number of rotatable bonds is 7. The highest BCUT2D eigenvalue weighted by Gasteiger charge is 2.37. The van der Waals surface area contributed by atoms with Gasteiger partial charge in [0.1, 0.15) is 5.75 Å². The first-order valence-electron chi connectivity index (χ1n) is 11.9. The summed E-state index contributed by atoms with van der Waals surface area (Å²) in [6, 6.07) is 13.6. The van der Waals surface area contributed by atoms with Gasteiger partial charge in [0.15, 0.2) is 0 Å². The van der Waals surface area contributed by atoms with Gasteiger partial charge in [-0.1, -0.05) is 44.4 Å². The molecule has 2 atom stereocenters. The maximum absolute atomic E-state index is 13.0. The molecule has 0 saturated heterocycles. The predicted molar refractivity (Wildman–Crippen MR) is 130 cm³/mol. The number of unbranched alkanes of at least 4 members (excludes halogenated alkanes) is 1. The average Bonchev–Trinajstić information content (AvgIpc) is 2.80. The predicted octanol–water partition coefficient (Wildman–Crippen LogP) is 5.10. The SMILES string of the molecule is C#CC(=O)N1[C@@H](CCCC)Cc2cc(OC)ccc2[C@@H]1c1ccc(NC(=O)C2CCC2)cc1. The van der Waals surface area contributed by atoms with Crippen molar-refractivity contribution < 1.29 is 14.3 Å². The smallest absolute Gasteiger partial charge is 0.299 e. The Kier molecular flexibility index (Phi) is 7.03. The number of anilines is 1. The summed E-state index contributed by atoms with van der Waals surface area (Å²) in [5.74, 6) is 3.11. The summed E-state index contributed by atoms with van der Waals surface area (Å²) in [5, 5.41) is 3.02. The fraction of sp³-hybridized carbons (Fsp3) is 0.429. The third-order valence-corrected chi connectivity index (χ3v) is 6.99. The van der Waals surface area contributed by atoms with Gasteiger partial charge < -0.3 is 15.0 Å². The fourth-order valence-electron chi connectivity index (χ4n) is 4.91. The van der Waals surface area contributed by atoms with E-state index >= 15 is 0 Å². The quantitative estimate of drug-likeness (QED) is 0.605. The lowest BCUT2D eigenvalue weighted by Crippen LogP contribution is -2.47. The Balaban J connectivity index is 1.70. The molecular formula is C28H32N2O3. The molecule has 1 heterocycles. The first-order chi connectivity index (χ1) is 16.0. The number of hydrogen-bond donors (Lipinski definition) is 1. The van der Waals surface area contributed by atoms with Crippen LogP contribution in [0.15, 0.2) is 42.5 Å². The summed E-state index contributed by atoms with van der Waals surface area (Å²) in [6.45, 7) is 2.15. The molecule has 2 aromatic rings. The molecule has 2 amide bonds. The number of carbonyl (C=O) groups is 2. The summed E-state index contributed by atoms with van der Waals surface area (Å²) >= 11 is 0. The number of ether oxygens (including phenoxy) is 1. The van der Waals surface area contributed by atoms with Gasteiger partial charge in [-0.2, -0.15) is 0 Å². The lowest BCUT2D eigenvalue weighted by Gasteiger charge is -2.43. The van der Waals surface area contributed by atoms with Crippen molar-refractivity contribution in [2.24, 2.45) is 5.92 Å². The molecule has 1 N–H and O–H groups in total. The van der Waals surface area contributed by atoms with E-state index in [-0.39, 0.29) is 29.8 Å². The number of methoxy groups -OCH3 is 1. The molecule has 0 unspecified atom stereocenters. The third-order valence-electron chi connectivity index (χ3n) is 6.99. The van der Waals surface area contributed by atoms with E-state index in [1.807, 2.05) is 41.3 Å². The molecule has 1 aliphatic carbocycles. The summed E-state index contributed by atoms with van der Waals surface area (Å²) in [4.78, 5) is 27.2. The highest BCUT2D eigenvalue weighted by Crippen LogP contribution is 2.41. The second-order valence-electron chi connectivity index (χ2n) is 9.06. The second-order valence-corrected chi connectivity index (χ2v) is 9.06. The number of nitrogens with one attached hydrogen (secondary N) is 1. The number of amides is 2. The lowest BCUT2D eigenvalue weighted by atomic mass is 9.83. The van der Waals surface area contributed by atoms with E-state index in [2.05, 4.69) is 24.2 Å². The largest absolute Gasteiger partial charge is 0.497 e. The molecule has 0 spiro atoms. The summed E-state index contributed by atoms with van der Waals surface area (Å²) < 4.78 is 5.47. The van der Waals surface area contributed by atoms with E-state index in [1.54, 1.807) is 7.11 Å². The van der Waals surface area contributed by atoms with Crippen molar-refractivity contribution in [1.29, 1.82) is 0 Å². The zero-order valence-electron chi connectivity index (χ0n) is 19.5. The molecular weight excluding hydrogens is 412 g/mol. The number of nitrogens with zero attached hydrogens (tertiary/aromatic N) is 1. The molecule has 0 aromatic heterocycles.